The van der Waals surface area contributed by atoms with Crippen molar-refractivity contribution in [3.63, 3.8) is 0 Å². The van der Waals surface area contributed by atoms with E-state index in [1.54, 1.807) is 0 Å². The molecule has 0 aliphatic heterocycles. The maximum Gasteiger partial charge on any atom is 0.245 e. The van der Waals surface area contributed by atoms with Crippen LogP contribution >= 0.6 is 11.7 Å². The highest BCUT2D eigenvalue weighted by Gasteiger charge is 2.17. The Morgan fingerprint density at radius 3 is 2.95 bits per heavy atom. The van der Waals surface area contributed by atoms with Crippen LogP contribution < -0.4 is 10.1 Å². The molecule has 1 atom stereocenters. The summed E-state index contributed by atoms with van der Waals surface area (Å²) in [6.07, 6.45) is 2.71. The SMILES string of the molecule is CC(C)(CCCO)CNCC(O)COc1cnsn1. The minimum Gasteiger partial charge on any atom is -0.473 e. The van der Waals surface area contributed by atoms with Crippen molar-refractivity contribution in [2.75, 3.05) is 26.3 Å². The Balaban J connectivity index is 2.10. The minimum absolute atomic E-state index is 0.113. The number of aliphatic hydroxyl groups excluding tert-OH is 2. The summed E-state index contributed by atoms with van der Waals surface area (Å²) < 4.78 is 13.0. The molecule has 0 saturated heterocycles. The third-order valence-corrected chi connectivity index (χ3v) is 3.22. The van der Waals surface area contributed by atoms with Crippen LogP contribution in [-0.4, -0.2) is 51.4 Å². The Labute approximate surface area is 118 Å². The molecule has 0 fully saturated rings. The lowest BCUT2D eigenvalue weighted by molar-refractivity contribution is 0.101. The van der Waals surface area contributed by atoms with Crippen molar-refractivity contribution in [3.05, 3.63) is 6.20 Å². The van der Waals surface area contributed by atoms with Gasteiger partial charge in [0.2, 0.25) is 5.88 Å². The number of aliphatic hydroxyl groups is 2. The van der Waals surface area contributed by atoms with E-state index in [-0.39, 0.29) is 18.6 Å². The van der Waals surface area contributed by atoms with Gasteiger partial charge in [-0.25, -0.2) is 0 Å². The van der Waals surface area contributed by atoms with Crippen LogP contribution in [0.2, 0.25) is 0 Å². The van der Waals surface area contributed by atoms with Crippen LogP contribution in [0.3, 0.4) is 0 Å². The van der Waals surface area contributed by atoms with Crippen molar-refractivity contribution in [2.45, 2.75) is 32.8 Å². The monoisotopic (exact) mass is 289 g/mol. The standard InChI is InChI=1S/C12H23N3O3S/c1-12(2,4-3-5-16)9-13-6-10(17)8-18-11-7-14-19-15-11/h7,10,13,16-17H,3-6,8-9H2,1-2H3. The molecule has 0 spiro atoms. The smallest absolute Gasteiger partial charge is 0.245 e. The molecule has 1 rings (SSSR count). The number of ether oxygens (including phenoxy) is 1. The van der Waals surface area contributed by atoms with Crippen molar-refractivity contribution in [2.24, 2.45) is 5.41 Å². The van der Waals surface area contributed by atoms with Crippen LogP contribution in [0.1, 0.15) is 26.7 Å². The first-order chi connectivity index (χ1) is 9.03. The van der Waals surface area contributed by atoms with Crippen LogP contribution in [0.15, 0.2) is 6.20 Å². The van der Waals surface area contributed by atoms with Gasteiger partial charge < -0.3 is 20.3 Å². The molecule has 0 radical (unpaired) electrons. The molecule has 1 aromatic rings. The van der Waals surface area contributed by atoms with Crippen molar-refractivity contribution in [3.8, 4) is 5.88 Å². The second kappa shape index (κ2) is 8.42. The molecule has 6 nitrogen and oxygen atoms in total. The van der Waals surface area contributed by atoms with Crippen LogP contribution in [0.5, 0.6) is 5.88 Å². The molecule has 0 saturated carbocycles. The van der Waals surface area contributed by atoms with E-state index >= 15 is 0 Å². The number of rotatable bonds is 10. The highest BCUT2D eigenvalue weighted by Crippen LogP contribution is 2.20. The molecule has 3 N–H and O–H groups in total. The highest BCUT2D eigenvalue weighted by molar-refractivity contribution is 6.99. The predicted octanol–water partition coefficient (Wildman–Crippen LogP) is 0.666. The van der Waals surface area contributed by atoms with Crippen LogP contribution in [-0.2, 0) is 0 Å². The van der Waals surface area contributed by atoms with Gasteiger partial charge in [0.1, 0.15) is 18.9 Å². The molecule has 1 unspecified atom stereocenters. The quantitative estimate of drug-likeness (QED) is 0.587. The van der Waals surface area contributed by atoms with Gasteiger partial charge in [-0.1, -0.05) is 13.8 Å². The summed E-state index contributed by atoms with van der Waals surface area (Å²) in [5.74, 6) is 0.451. The fourth-order valence-corrected chi connectivity index (χ4v) is 2.05. The number of hydrogen-bond acceptors (Lipinski definition) is 7. The minimum atomic E-state index is -0.574. The molecule has 110 valence electrons. The maximum absolute atomic E-state index is 9.75. The van der Waals surface area contributed by atoms with E-state index in [1.165, 1.54) is 6.20 Å². The highest BCUT2D eigenvalue weighted by atomic mass is 32.1. The zero-order chi connectivity index (χ0) is 14.1. The fourth-order valence-electron chi connectivity index (χ4n) is 1.68. The summed E-state index contributed by atoms with van der Waals surface area (Å²) in [5.41, 5.74) is 0.113. The number of hydrogen-bond donors (Lipinski definition) is 3. The van der Waals surface area contributed by atoms with Crippen molar-refractivity contribution < 1.29 is 14.9 Å². The Kier molecular flexibility index (Phi) is 7.22. The summed E-state index contributed by atoms with van der Waals surface area (Å²) in [7, 11) is 0. The van der Waals surface area contributed by atoms with Gasteiger partial charge in [0.15, 0.2) is 0 Å². The topological polar surface area (TPSA) is 87.5 Å². The normalized spacial score (nSPS) is 13.5. The van der Waals surface area contributed by atoms with Crippen LogP contribution in [0.25, 0.3) is 0 Å². The predicted molar refractivity (Wildman–Crippen MR) is 74.4 cm³/mol. The zero-order valence-corrected chi connectivity index (χ0v) is 12.3. The molecular weight excluding hydrogens is 266 g/mol. The van der Waals surface area contributed by atoms with Crippen molar-refractivity contribution in [1.82, 2.24) is 14.1 Å². The summed E-state index contributed by atoms with van der Waals surface area (Å²) in [5, 5.41) is 21.8. The van der Waals surface area contributed by atoms with Crippen LogP contribution in [0, 0.1) is 5.41 Å². The lowest BCUT2D eigenvalue weighted by Crippen LogP contribution is -2.37. The molecule has 0 amide bonds. The summed E-state index contributed by atoms with van der Waals surface area (Å²) in [4.78, 5) is 0. The van der Waals surface area contributed by atoms with Gasteiger partial charge in [-0.3, -0.25) is 0 Å². The average Bonchev–Trinajstić information content (AvgIpc) is 2.87. The molecular formula is C12H23N3O3S. The Bertz CT molecular complexity index is 333. The van der Waals surface area contributed by atoms with E-state index in [2.05, 4.69) is 27.9 Å². The molecule has 7 heteroatoms. The van der Waals surface area contributed by atoms with Gasteiger partial charge in [-0.2, -0.15) is 4.37 Å². The van der Waals surface area contributed by atoms with Gasteiger partial charge in [0, 0.05) is 19.7 Å². The van der Waals surface area contributed by atoms with Gasteiger partial charge >= 0.3 is 0 Å². The maximum atomic E-state index is 9.75. The first-order valence-corrected chi connectivity index (χ1v) is 7.16. The summed E-state index contributed by atoms with van der Waals surface area (Å²) in [6, 6.07) is 0. The molecule has 1 aromatic heterocycles. The third-order valence-electron chi connectivity index (χ3n) is 2.76. The van der Waals surface area contributed by atoms with E-state index in [0.717, 1.165) is 31.1 Å². The van der Waals surface area contributed by atoms with E-state index in [0.29, 0.717) is 12.4 Å². The van der Waals surface area contributed by atoms with Gasteiger partial charge in [0.25, 0.3) is 0 Å². The fraction of sp³-hybridized carbons (Fsp3) is 0.833. The molecule has 0 bridgehead atoms. The van der Waals surface area contributed by atoms with Crippen molar-refractivity contribution in [1.29, 1.82) is 0 Å². The lowest BCUT2D eigenvalue weighted by Gasteiger charge is -2.25. The van der Waals surface area contributed by atoms with E-state index in [1.807, 2.05) is 0 Å². The molecule has 19 heavy (non-hydrogen) atoms. The molecule has 1 heterocycles. The molecule has 0 aliphatic rings. The summed E-state index contributed by atoms with van der Waals surface area (Å²) >= 11 is 1.08. The lowest BCUT2D eigenvalue weighted by atomic mass is 9.88. The van der Waals surface area contributed by atoms with Crippen LogP contribution in [0.4, 0.5) is 0 Å². The van der Waals surface area contributed by atoms with Gasteiger partial charge in [0.05, 0.1) is 11.7 Å². The Morgan fingerprint density at radius 2 is 2.32 bits per heavy atom. The average molecular weight is 289 g/mol. The first kappa shape index (κ1) is 16.3. The zero-order valence-electron chi connectivity index (χ0n) is 11.5. The molecule has 0 aliphatic carbocycles. The van der Waals surface area contributed by atoms with Crippen molar-refractivity contribution >= 4 is 11.7 Å². The number of nitrogens with one attached hydrogen (secondary N) is 1. The van der Waals surface area contributed by atoms with E-state index in [4.69, 9.17) is 9.84 Å². The second-order valence-electron chi connectivity index (χ2n) is 5.33. The van der Waals surface area contributed by atoms with Gasteiger partial charge in [-0.15, -0.1) is 4.37 Å². The molecule has 0 aromatic carbocycles. The summed E-state index contributed by atoms with van der Waals surface area (Å²) in [6.45, 7) is 5.97. The third kappa shape index (κ3) is 7.41. The first-order valence-electron chi connectivity index (χ1n) is 6.43. The second-order valence-corrected chi connectivity index (χ2v) is 5.89. The Hall–Kier alpha value is -0.760. The Morgan fingerprint density at radius 1 is 1.53 bits per heavy atom. The largest absolute Gasteiger partial charge is 0.473 e. The van der Waals surface area contributed by atoms with Gasteiger partial charge in [-0.05, 0) is 18.3 Å². The number of aromatic nitrogens is 2. The van der Waals surface area contributed by atoms with E-state index < -0.39 is 6.10 Å². The number of nitrogens with zero attached hydrogens (tertiary/aromatic N) is 2. The van der Waals surface area contributed by atoms with E-state index in [9.17, 15) is 5.11 Å².